The average molecular weight is 276 g/mol. The number of anilines is 1. The summed E-state index contributed by atoms with van der Waals surface area (Å²) < 4.78 is 41.3. The molecule has 19 heavy (non-hydrogen) atoms. The molecule has 0 spiro atoms. The normalized spacial score (nSPS) is 15.4. The number of nitrogens with one attached hydrogen (secondary N) is 1. The van der Waals surface area contributed by atoms with Crippen LogP contribution in [0.25, 0.3) is 0 Å². The molecule has 1 aromatic rings. The SMILES string of the molecule is Cc1c(NN)nc(C2CC2)nc1OCCC(F)(F)F. The first kappa shape index (κ1) is 13.9. The van der Waals surface area contributed by atoms with E-state index in [4.69, 9.17) is 10.6 Å². The first-order valence-corrected chi connectivity index (χ1v) is 5.95. The highest BCUT2D eigenvalue weighted by Gasteiger charge is 2.29. The van der Waals surface area contributed by atoms with Crippen molar-refractivity contribution >= 4 is 5.82 Å². The zero-order valence-electron chi connectivity index (χ0n) is 10.4. The van der Waals surface area contributed by atoms with Crippen LogP contribution in [0.2, 0.25) is 0 Å². The number of hydrazine groups is 1. The second-order valence-electron chi connectivity index (χ2n) is 4.49. The summed E-state index contributed by atoms with van der Waals surface area (Å²) in [7, 11) is 0. The van der Waals surface area contributed by atoms with E-state index in [1.54, 1.807) is 6.92 Å². The lowest BCUT2D eigenvalue weighted by molar-refractivity contribution is -0.139. The Morgan fingerprint density at radius 3 is 2.58 bits per heavy atom. The summed E-state index contributed by atoms with van der Waals surface area (Å²) in [5, 5.41) is 0. The monoisotopic (exact) mass is 276 g/mol. The van der Waals surface area contributed by atoms with Crippen LogP contribution in [0.15, 0.2) is 0 Å². The van der Waals surface area contributed by atoms with E-state index in [1.807, 2.05) is 0 Å². The van der Waals surface area contributed by atoms with Gasteiger partial charge in [0.15, 0.2) is 0 Å². The van der Waals surface area contributed by atoms with Crippen molar-refractivity contribution in [1.29, 1.82) is 0 Å². The Hall–Kier alpha value is -1.57. The molecule has 1 heterocycles. The summed E-state index contributed by atoms with van der Waals surface area (Å²) in [5.74, 6) is 6.71. The Labute approximate surface area is 108 Å². The zero-order chi connectivity index (χ0) is 14.0. The molecule has 0 amide bonds. The van der Waals surface area contributed by atoms with E-state index in [2.05, 4.69) is 15.4 Å². The summed E-state index contributed by atoms with van der Waals surface area (Å²) >= 11 is 0. The molecule has 1 aliphatic carbocycles. The molecule has 5 nitrogen and oxygen atoms in total. The van der Waals surface area contributed by atoms with Crippen molar-refractivity contribution in [2.45, 2.75) is 38.3 Å². The van der Waals surface area contributed by atoms with Crippen LogP contribution in [0.1, 0.15) is 36.6 Å². The van der Waals surface area contributed by atoms with Gasteiger partial charge in [0.05, 0.1) is 18.6 Å². The van der Waals surface area contributed by atoms with E-state index in [1.165, 1.54) is 0 Å². The third-order valence-electron chi connectivity index (χ3n) is 2.82. The molecule has 0 bridgehead atoms. The van der Waals surface area contributed by atoms with E-state index >= 15 is 0 Å². The molecule has 1 fully saturated rings. The van der Waals surface area contributed by atoms with E-state index in [9.17, 15) is 13.2 Å². The zero-order valence-corrected chi connectivity index (χ0v) is 10.4. The smallest absolute Gasteiger partial charge is 0.392 e. The van der Waals surface area contributed by atoms with E-state index in [0.29, 0.717) is 17.2 Å². The van der Waals surface area contributed by atoms with Gasteiger partial charge in [-0.3, -0.25) is 0 Å². The largest absolute Gasteiger partial charge is 0.477 e. The lowest BCUT2D eigenvalue weighted by atomic mass is 10.3. The number of aromatic nitrogens is 2. The average Bonchev–Trinajstić information content (AvgIpc) is 3.13. The number of hydrogen-bond acceptors (Lipinski definition) is 5. The van der Waals surface area contributed by atoms with Gasteiger partial charge in [0.25, 0.3) is 0 Å². The van der Waals surface area contributed by atoms with Crippen molar-refractivity contribution in [2.75, 3.05) is 12.0 Å². The minimum absolute atomic E-state index is 0.161. The molecule has 1 aliphatic rings. The maximum Gasteiger partial charge on any atom is 0.392 e. The van der Waals surface area contributed by atoms with Gasteiger partial charge in [0, 0.05) is 5.92 Å². The van der Waals surface area contributed by atoms with Crippen molar-refractivity contribution in [1.82, 2.24) is 9.97 Å². The molecule has 0 atom stereocenters. The minimum atomic E-state index is -4.24. The quantitative estimate of drug-likeness (QED) is 0.637. The molecule has 0 aromatic carbocycles. The van der Waals surface area contributed by atoms with Crippen LogP contribution in [0.4, 0.5) is 19.0 Å². The third kappa shape index (κ3) is 3.69. The number of nitrogen functional groups attached to an aromatic ring is 1. The Morgan fingerprint density at radius 2 is 2.05 bits per heavy atom. The van der Waals surface area contributed by atoms with E-state index in [0.717, 1.165) is 12.8 Å². The predicted octanol–water partition coefficient (Wildman–Crippen LogP) is 2.28. The van der Waals surface area contributed by atoms with Crippen LogP contribution < -0.4 is 16.0 Å². The van der Waals surface area contributed by atoms with Gasteiger partial charge in [0.2, 0.25) is 5.88 Å². The second-order valence-corrected chi connectivity index (χ2v) is 4.49. The molecule has 0 aliphatic heterocycles. The third-order valence-corrected chi connectivity index (χ3v) is 2.82. The van der Waals surface area contributed by atoms with Crippen molar-refractivity contribution in [2.24, 2.45) is 5.84 Å². The fourth-order valence-electron chi connectivity index (χ4n) is 1.58. The first-order chi connectivity index (χ1) is 8.90. The van der Waals surface area contributed by atoms with Gasteiger partial charge in [0.1, 0.15) is 11.6 Å². The Bertz CT molecular complexity index is 460. The van der Waals surface area contributed by atoms with Gasteiger partial charge in [-0.15, -0.1) is 0 Å². The van der Waals surface area contributed by atoms with Gasteiger partial charge >= 0.3 is 6.18 Å². The highest BCUT2D eigenvalue weighted by atomic mass is 19.4. The molecule has 2 rings (SSSR count). The molecule has 106 valence electrons. The molecule has 8 heteroatoms. The maximum atomic E-state index is 12.1. The molecule has 0 radical (unpaired) electrons. The summed E-state index contributed by atoms with van der Waals surface area (Å²) in [6.45, 7) is 1.18. The molecule has 3 N–H and O–H groups in total. The Balaban J connectivity index is 2.11. The number of hydrogen-bond donors (Lipinski definition) is 2. The number of nitrogens with two attached hydrogens (primary N) is 1. The standard InChI is InChI=1S/C11H15F3N4O/c1-6-8(18-15)16-9(7-2-3-7)17-10(6)19-5-4-11(12,13)14/h7H,2-5,15H2,1H3,(H,16,17,18). The molecule has 0 saturated heterocycles. The van der Waals surface area contributed by atoms with Gasteiger partial charge in [-0.1, -0.05) is 0 Å². The van der Waals surface area contributed by atoms with Gasteiger partial charge in [-0.25, -0.2) is 10.8 Å². The highest BCUT2D eigenvalue weighted by Crippen LogP contribution is 2.39. The fourth-order valence-corrected chi connectivity index (χ4v) is 1.58. The van der Waals surface area contributed by atoms with Crippen LogP contribution in [0.3, 0.4) is 0 Å². The van der Waals surface area contributed by atoms with Crippen molar-refractivity contribution < 1.29 is 17.9 Å². The second kappa shape index (κ2) is 5.20. The van der Waals surface area contributed by atoms with Crippen molar-refractivity contribution in [3.63, 3.8) is 0 Å². The number of rotatable bonds is 5. The van der Waals surface area contributed by atoms with Crippen LogP contribution in [0.5, 0.6) is 5.88 Å². The lowest BCUT2D eigenvalue weighted by Crippen LogP contribution is -2.16. The topological polar surface area (TPSA) is 73.1 Å². The lowest BCUT2D eigenvalue weighted by Gasteiger charge is -2.13. The number of ether oxygens (including phenoxy) is 1. The summed E-state index contributed by atoms with van der Waals surface area (Å²) in [4.78, 5) is 8.39. The van der Waals surface area contributed by atoms with Crippen LogP contribution in [-0.2, 0) is 0 Å². The summed E-state index contributed by atoms with van der Waals surface area (Å²) in [6, 6.07) is 0. The minimum Gasteiger partial charge on any atom is -0.477 e. The fraction of sp³-hybridized carbons (Fsp3) is 0.636. The van der Waals surface area contributed by atoms with Crippen LogP contribution in [-0.4, -0.2) is 22.8 Å². The molecular formula is C11H15F3N4O. The van der Waals surface area contributed by atoms with Gasteiger partial charge in [-0.2, -0.15) is 18.2 Å². The molecule has 1 saturated carbocycles. The van der Waals surface area contributed by atoms with E-state index < -0.39 is 19.2 Å². The molecular weight excluding hydrogens is 261 g/mol. The summed E-state index contributed by atoms with van der Waals surface area (Å²) in [5.41, 5.74) is 2.92. The van der Waals surface area contributed by atoms with Crippen LogP contribution in [0, 0.1) is 6.92 Å². The van der Waals surface area contributed by atoms with E-state index in [-0.39, 0.29) is 11.8 Å². The molecule has 1 aromatic heterocycles. The predicted molar refractivity (Wildman–Crippen MR) is 62.7 cm³/mol. The van der Waals surface area contributed by atoms with Gasteiger partial charge < -0.3 is 10.2 Å². The Morgan fingerprint density at radius 1 is 1.37 bits per heavy atom. The van der Waals surface area contributed by atoms with Crippen LogP contribution >= 0.6 is 0 Å². The number of halogens is 3. The molecule has 0 unspecified atom stereocenters. The Kier molecular flexibility index (Phi) is 3.79. The van der Waals surface area contributed by atoms with Gasteiger partial charge in [-0.05, 0) is 19.8 Å². The first-order valence-electron chi connectivity index (χ1n) is 5.95. The highest BCUT2D eigenvalue weighted by molar-refractivity contribution is 5.48. The number of nitrogens with zero attached hydrogens (tertiary/aromatic N) is 2. The maximum absolute atomic E-state index is 12.1. The number of alkyl halides is 3. The van der Waals surface area contributed by atoms with Crippen molar-refractivity contribution in [3.05, 3.63) is 11.4 Å². The summed E-state index contributed by atoms with van der Waals surface area (Å²) in [6.07, 6.45) is -3.29. The van der Waals surface area contributed by atoms with Crippen molar-refractivity contribution in [3.8, 4) is 5.88 Å².